The molecule has 1 heterocycles. The molecule has 6 nitrogen and oxygen atoms in total. The van der Waals surface area contributed by atoms with Gasteiger partial charge in [-0.25, -0.2) is 4.68 Å². The van der Waals surface area contributed by atoms with Gasteiger partial charge in [-0.1, -0.05) is 25.4 Å². The van der Waals surface area contributed by atoms with Crippen molar-refractivity contribution < 1.29 is 4.92 Å². The highest BCUT2D eigenvalue weighted by atomic mass is 35.5. The Hall–Kier alpha value is -1.92. The van der Waals surface area contributed by atoms with Crippen LogP contribution in [-0.4, -0.2) is 21.2 Å². The van der Waals surface area contributed by atoms with E-state index in [1.165, 1.54) is 22.9 Å². The van der Waals surface area contributed by atoms with Gasteiger partial charge in [-0.05, 0) is 30.7 Å². The number of halogens is 1. The highest BCUT2D eigenvalue weighted by Gasteiger charge is 2.16. The van der Waals surface area contributed by atoms with Gasteiger partial charge in [0.25, 0.3) is 5.69 Å². The minimum absolute atomic E-state index is 0.0239. The van der Waals surface area contributed by atoms with Gasteiger partial charge in [0, 0.05) is 23.8 Å². The van der Waals surface area contributed by atoms with Crippen LogP contribution in [0.5, 0.6) is 0 Å². The summed E-state index contributed by atoms with van der Waals surface area (Å²) >= 11 is 5.92. The van der Waals surface area contributed by atoms with Crippen molar-refractivity contribution in [1.29, 1.82) is 0 Å². The molecule has 1 N–H and O–H groups in total. The lowest BCUT2D eigenvalue weighted by Gasteiger charge is -2.05. The topological polar surface area (TPSA) is 73.0 Å². The first-order valence-corrected chi connectivity index (χ1v) is 7.04. The zero-order chi connectivity index (χ0) is 15.4. The van der Waals surface area contributed by atoms with Crippen LogP contribution in [0.2, 0.25) is 5.02 Å². The molecular formula is C14H17ClN4O2. The van der Waals surface area contributed by atoms with E-state index in [4.69, 9.17) is 11.6 Å². The highest BCUT2D eigenvalue weighted by molar-refractivity contribution is 6.30. The van der Waals surface area contributed by atoms with Crippen LogP contribution >= 0.6 is 11.6 Å². The van der Waals surface area contributed by atoms with Crippen molar-refractivity contribution in [1.82, 2.24) is 15.1 Å². The molecule has 0 amide bonds. The maximum absolute atomic E-state index is 11.1. The number of nitro benzene ring substituents is 1. The van der Waals surface area contributed by atoms with E-state index in [0.717, 1.165) is 12.2 Å². The zero-order valence-corrected chi connectivity index (χ0v) is 12.7. The van der Waals surface area contributed by atoms with Gasteiger partial charge in [-0.15, -0.1) is 0 Å². The van der Waals surface area contributed by atoms with Crippen molar-refractivity contribution >= 4 is 17.3 Å². The summed E-state index contributed by atoms with van der Waals surface area (Å²) < 4.78 is 1.48. The predicted octanol–water partition coefficient (Wildman–Crippen LogP) is 3.18. The molecule has 1 aromatic heterocycles. The van der Waals surface area contributed by atoms with Crippen molar-refractivity contribution in [2.24, 2.45) is 5.92 Å². The fraction of sp³-hybridized carbons (Fsp3) is 0.357. The molecule has 0 spiro atoms. The van der Waals surface area contributed by atoms with Crippen LogP contribution in [-0.2, 0) is 6.54 Å². The summed E-state index contributed by atoms with van der Waals surface area (Å²) in [6.45, 7) is 5.77. The summed E-state index contributed by atoms with van der Waals surface area (Å²) in [6, 6.07) is 6.25. The molecular weight excluding hydrogens is 292 g/mol. The lowest BCUT2D eigenvalue weighted by Crippen LogP contribution is -2.19. The molecule has 0 saturated carbocycles. The van der Waals surface area contributed by atoms with Crippen LogP contribution in [0.25, 0.3) is 5.69 Å². The number of hydrogen-bond donors (Lipinski definition) is 1. The summed E-state index contributed by atoms with van der Waals surface area (Å²) in [5, 5.41) is 19.1. The highest BCUT2D eigenvalue weighted by Crippen LogP contribution is 2.25. The monoisotopic (exact) mass is 308 g/mol. The van der Waals surface area contributed by atoms with Crippen molar-refractivity contribution in [3.05, 3.63) is 51.3 Å². The van der Waals surface area contributed by atoms with E-state index >= 15 is 0 Å². The minimum Gasteiger partial charge on any atom is -0.311 e. The molecule has 2 aromatic rings. The Morgan fingerprint density at radius 3 is 2.86 bits per heavy atom. The van der Waals surface area contributed by atoms with Crippen LogP contribution in [0.3, 0.4) is 0 Å². The number of benzene rings is 1. The van der Waals surface area contributed by atoms with Crippen LogP contribution in [0, 0.1) is 16.0 Å². The Balaban J connectivity index is 2.21. The lowest BCUT2D eigenvalue weighted by atomic mass is 10.2. The Kier molecular flexibility index (Phi) is 4.93. The van der Waals surface area contributed by atoms with Gasteiger partial charge in [0.05, 0.1) is 10.6 Å². The molecule has 0 aliphatic carbocycles. The number of rotatable bonds is 6. The third-order valence-corrected chi connectivity index (χ3v) is 3.12. The second kappa shape index (κ2) is 6.69. The maximum Gasteiger partial charge on any atom is 0.294 e. The summed E-state index contributed by atoms with van der Waals surface area (Å²) in [5.74, 6) is 0.557. The smallest absolute Gasteiger partial charge is 0.294 e. The largest absolute Gasteiger partial charge is 0.311 e. The Morgan fingerprint density at radius 1 is 1.43 bits per heavy atom. The number of hydrogen-bond acceptors (Lipinski definition) is 4. The average molecular weight is 309 g/mol. The van der Waals surface area contributed by atoms with E-state index in [1.807, 2.05) is 6.07 Å². The van der Waals surface area contributed by atoms with Crippen LogP contribution in [0.4, 0.5) is 5.69 Å². The fourth-order valence-electron chi connectivity index (χ4n) is 1.91. The van der Waals surface area contributed by atoms with Crippen molar-refractivity contribution in [3.63, 3.8) is 0 Å². The molecule has 7 heteroatoms. The summed E-state index contributed by atoms with van der Waals surface area (Å²) in [5.41, 5.74) is 1.16. The SMILES string of the molecule is CC(C)CNCc1ccn(-c2cc(Cl)ccc2[N+](=O)[O-])n1. The first kappa shape index (κ1) is 15.5. The normalized spacial score (nSPS) is 11.0. The third kappa shape index (κ3) is 4.03. The van der Waals surface area contributed by atoms with E-state index in [1.54, 1.807) is 6.20 Å². The van der Waals surface area contributed by atoms with E-state index in [0.29, 0.717) is 23.2 Å². The van der Waals surface area contributed by atoms with Crippen LogP contribution < -0.4 is 5.32 Å². The number of nitrogens with zero attached hydrogens (tertiary/aromatic N) is 3. The molecule has 0 bridgehead atoms. The molecule has 0 radical (unpaired) electrons. The second-order valence-electron chi connectivity index (χ2n) is 5.17. The van der Waals surface area contributed by atoms with E-state index in [2.05, 4.69) is 24.3 Å². The predicted molar refractivity (Wildman–Crippen MR) is 81.8 cm³/mol. The molecule has 0 saturated heterocycles. The molecule has 2 rings (SSSR count). The Bertz CT molecular complexity index is 640. The first-order chi connectivity index (χ1) is 9.97. The van der Waals surface area contributed by atoms with Crippen molar-refractivity contribution in [2.45, 2.75) is 20.4 Å². The molecule has 0 atom stereocenters. The third-order valence-electron chi connectivity index (χ3n) is 2.88. The summed E-state index contributed by atoms with van der Waals surface area (Å²) in [4.78, 5) is 10.6. The first-order valence-electron chi connectivity index (χ1n) is 6.67. The quantitative estimate of drug-likeness (QED) is 0.657. The summed E-state index contributed by atoms with van der Waals surface area (Å²) in [6.07, 6.45) is 1.70. The fourth-order valence-corrected chi connectivity index (χ4v) is 2.08. The van der Waals surface area contributed by atoms with E-state index in [-0.39, 0.29) is 5.69 Å². The van der Waals surface area contributed by atoms with Crippen LogP contribution in [0.1, 0.15) is 19.5 Å². The maximum atomic E-state index is 11.1. The Morgan fingerprint density at radius 2 is 2.19 bits per heavy atom. The molecule has 0 unspecified atom stereocenters. The van der Waals surface area contributed by atoms with Gasteiger partial charge in [-0.2, -0.15) is 5.10 Å². The van der Waals surface area contributed by atoms with Gasteiger partial charge in [0.1, 0.15) is 5.69 Å². The van der Waals surface area contributed by atoms with Gasteiger partial charge in [0.2, 0.25) is 0 Å². The molecule has 21 heavy (non-hydrogen) atoms. The average Bonchev–Trinajstić information content (AvgIpc) is 2.86. The lowest BCUT2D eigenvalue weighted by molar-refractivity contribution is -0.384. The summed E-state index contributed by atoms with van der Waals surface area (Å²) in [7, 11) is 0. The van der Waals surface area contributed by atoms with Gasteiger partial charge in [-0.3, -0.25) is 10.1 Å². The van der Waals surface area contributed by atoms with Crippen molar-refractivity contribution in [2.75, 3.05) is 6.54 Å². The Labute approximate surface area is 127 Å². The molecule has 0 fully saturated rings. The molecule has 0 aliphatic heterocycles. The second-order valence-corrected chi connectivity index (χ2v) is 5.60. The number of nitrogens with one attached hydrogen (secondary N) is 1. The van der Waals surface area contributed by atoms with Gasteiger partial charge >= 0.3 is 0 Å². The number of nitro groups is 1. The molecule has 1 aromatic carbocycles. The van der Waals surface area contributed by atoms with E-state index < -0.39 is 4.92 Å². The molecule has 112 valence electrons. The van der Waals surface area contributed by atoms with E-state index in [9.17, 15) is 10.1 Å². The standard InChI is InChI=1S/C14H17ClN4O2/c1-10(2)8-16-9-12-5-6-18(17-12)14-7-11(15)3-4-13(14)19(20)21/h3-7,10,16H,8-9H2,1-2H3. The van der Waals surface area contributed by atoms with Crippen molar-refractivity contribution in [3.8, 4) is 5.69 Å². The van der Waals surface area contributed by atoms with Gasteiger partial charge in [0.15, 0.2) is 0 Å². The zero-order valence-electron chi connectivity index (χ0n) is 11.9. The minimum atomic E-state index is -0.440. The molecule has 0 aliphatic rings. The van der Waals surface area contributed by atoms with Crippen LogP contribution in [0.15, 0.2) is 30.5 Å². The number of aromatic nitrogens is 2. The van der Waals surface area contributed by atoms with Gasteiger partial charge < -0.3 is 5.32 Å².